The summed E-state index contributed by atoms with van der Waals surface area (Å²) in [5, 5.41) is 13.4. The number of hydrogen-bond donors (Lipinski definition) is 1. The molecule has 1 aliphatic heterocycles. The number of rotatable bonds is 2. The molecule has 15 heavy (non-hydrogen) atoms. The zero-order valence-corrected chi connectivity index (χ0v) is 9.34. The standard InChI is InChI=1S/C10H17N3O2/c1-6(2)9-11-10(15-12-9)8-4-7(14)5-13(8)3/h6-8,14H,4-5H2,1-3H3/t7-,8-/m1/s1. The van der Waals surface area contributed by atoms with Crippen LogP contribution in [0.4, 0.5) is 0 Å². The van der Waals surface area contributed by atoms with Crippen molar-refractivity contribution in [2.24, 2.45) is 0 Å². The lowest BCUT2D eigenvalue weighted by Gasteiger charge is -2.13. The van der Waals surface area contributed by atoms with Gasteiger partial charge in [-0.25, -0.2) is 0 Å². The number of hydrogen-bond acceptors (Lipinski definition) is 5. The summed E-state index contributed by atoms with van der Waals surface area (Å²) in [6.07, 6.45) is 0.394. The van der Waals surface area contributed by atoms with E-state index >= 15 is 0 Å². The van der Waals surface area contributed by atoms with Gasteiger partial charge in [0, 0.05) is 12.5 Å². The summed E-state index contributed by atoms with van der Waals surface area (Å²) >= 11 is 0. The minimum atomic E-state index is -0.283. The molecule has 1 aromatic rings. The fraction of sp³-hybridized carbons (Fsp3) is 0.800. The highest BCUT2D eigenvalue weighted by molar-refractivity contribution is 5.00. The maximum atomic E-state index is 9.52. The third-order valence-corrected chi connectivity index (χ3v) is 2.79. The van der Waals surface area contributed by atoms with Crippen LogP contribution in [-0.4, -0.2) is 39.8 Å². The summed E-state index contributed by atoms with van der Waals surface area (Å²) in [4.78, 5) is 6.39. The highest BCUT2D eigenvalue weighted by Gasteiger charge is 2.33. The summed E-state index contributed by atoms with van der Waals surface area (Å²) in [5.74, 6) is 1.64. The summed E-state index contributed by atoms with van der Waals surface area (Å²) in [6, 6.07) is 0.0694. The van der Waals surface area contributed by atoms with E-state index < -0.39 is 0 Å². The Labute approximate surface area is 89.1 Å². The van der Waals surface area contributed by atoms with Crippen LogP contribution in [0.5, 0.6) is 0 Å². The van der Waals surface area contributed by atoms with E-state index in [9.17, 15) is 5.11 Å². The second kappa shape index (κ2) is 3.90. The van der Waals surface area contributed by atoms with Crippen molar-refractivity contribution in [1.29, 1.82) is 0 Å². The van der Waals surface area contributed by atoms with Crippen molar-refractivity contribution in [3.05, 3.63) is 11.7 Å². The van der Waals surface area contributed by atoms with Crippen LogP contribution >= 0.6 is 0 Å². The summed E-state index contributed by atoms with van der Waals surface area (Å²) in [6.45, 7) is 4.73. The lowest BCUT2D eigenvalue weighted by atomic mass is 10.2. The maximum Gasteiger partial charge on any atom is 0.244 e. The van der Waals surface area contributed by atoms with Gasteiger partial charge in [0.25, 0.3) is 0 Å². The Morgan fingerprint density at radius 2 is 2.27 bits per heavy atom. The average Bonchev–Trinajstić information content (AvgIpc) is 2.71. The van der Waals surface area contributed by atoms with Crippen molar-refractivity contribution in [2.75, 3.05) is 13.6 Å². The first-order valence-electron chi connectivity index (χ1n) is 5.29. The van der Waals surface area contributed by atoms with Gasteiger partial charge in [-0.2, -0.15) is 4.98 Å². The number of likely N-dealkylation sites (N-methyl/N-ethyl adjacent to an activating group) is 1. The highest BCUT2D eigenvalue weighted by Crippen LogP contribution is 2.29. The first-order valence-corrected chi connectivity index (χ1v) is 5.29. The second-order valence-electron chi connectivity index (χ2n) is 4.49. The molecule has 84 valence electrons. The van der Waals surface area contributed by atoms with Gasteiger partial charge in [0.15, 0.2) is 5.82 Å². The molecule has 0 aliphatic carbocycles. The third-order valence-electron chi connectivity index (χ3n) is 2.79. The van der Waals surface area contributed by atoms with Gasteiger partial charge in [0.2, 0.25) is 5.89 Å². The smallest absolute Gasteiger partial charge is 0.244 e. The summed E-state index contributed by atoms with van der Waals surface area (Å²) in [7, 11) is 1.96. The van der Waals surface area contributed by atoms with Gasteiger partial charge < -0.3 is 9.63 Å². The lowest BCUT2D eigenvalue weighted by Crippen LogP contribution is -2.19. The minimum absolute atomic E-state index is 0.0694. The second-order valence-corrected chi connectivity index (χ2v) is 4.49. The van der Waals surface area contributed by atoms with Crippen LogP contribution in [0.25, 0.3) is 0 Å². The first-order chi connectivity index (χ1) is 7.08. The van der Waals surface area contributed by atoms with E-state index in [1.807, 2.05) is 25.8 Å². The van der Waals surface area contributed by atoms with E-state index in [0.717, 1.165) is 5.82 Å². The Bertz CT molecular complexity index is 337. The summed E-state index contributed by atoms with van der Waals surface area (Å²) < 4.78 is 5.21. The molecular formula is C10H17N3O2. The van der Waals surface area contributed by atoms with E-state index in [2.05, 4.69) is 10.1 Å². The molecule has 5 heteroatoms. The van der Waals surface area contributed by atoms with Crippen LogP contribution in [0.15, 0.2) is 4.52 Å². The Morgan fingerprint density at radius 1 is 1.53 bits per heavy atom. The molecule has 2 atom stereocenters. The third kappa shape index (κ3) is 2.03. The predicted molar refractivity (Wildman–Crippen MR) is 54.4 cm³/mol. The first kappa shape index (κ1) is 10.6. The zero-order chi connectivity index (χ0) is 11.0. The van der Waals surface area contributed by atoms with Crippen molar-refractivity contribution in [2.45, 2.75) is 38.3 Å². The molecule has 1 saturated heterocycles. The SMILES string of the molecule is CC(C)c1noc([C@H]2C[C@@H](O)CN2C)n1. The number of likely N-dealkylation sites (tertiary alicyclic amines) is 1. The molecule has 5 nitrogen and oxygen atoms in total. The van der Waals surface area contributed by atoms with Gasteiger partial charge in [-0.1, -0.05) is 19.0 Å². The molecule has 2 rings (SSSR count). The largest absolute Gasteiger partial charge is 0.392 e. The van der Waals surface area contributed by atoms with Crippen molar-refractivity contribution < 1.29 is 9.63 Å². The van der Waals surface area contributed by atoms with Gasteiger partial charge in [-0.3, -0.25) is 4.90 Å². The van der Waals surface area contributed by atoms with Crippen LogP contribution in [0.3, 0.4) is 0 Å². The highest BCUT2D eigenvalue weighted by atomic mass is 16.5. The fourth-order valence-electron chi connectivity index (χ4n) is 1.88. The minimum Gasteiger partial charge on any atom is -0.392 e. The van der Waals surface area contributed by atoms with Gasteiger partial charge in [-0.05, 0) is 13.5 Å². The molecular weight excluding hydrogens is 194 g/mol. The quantitative estimate of drug-likeness (QED) is 0.788. The topological polar surface area (TPSA) is 62.4 Å². The Morgan fingerprint density at radius 3 is 2.73 bits per heavy atom. The summed E-state index contributed by atoms with van der Waals surface area (Å²) in [5.41, 5.74) is 0. The lowest BCUT2D eigenvalue weighted by molar-refractivity contribution is 0.182. The maximum absolute atomic E-state index is 9.52. The van der Waals surface area contributed by atoms with Crippen LogP contribution in [0.1, 0.15) is 43.9 Å². The van der Waals surface area contributed by atoms with Crippen LogP contribution < -0.4 is 0 Å². The van der Waals surface area contributed by atoms with Crippen molar-refractivity contribution in [3.8, 4) is 0 Å². The molecule has 0 spiro atoms. The zero-order valence-electron chi connectivity index (χ0n) is 9.34. The molecule has 0 bridgehead atoms. The van der Waals surface area contributed by atoms with Crippen molar-refractivity contribution in [3.63, 3.8) is 0 Å². The predicted octanol–water partition coefficient (Wildman–Crippen LogP) is 0.931. The van der Waals surface area contributed by atoms with Gasteiger partial charge in [-0.15, -0.1) is 0 Å². The normalized spacial score (nSPS) is 27.8. The van der Waals surface area contributed by atoms with E-state index in [1.54, 1.807) is 0 Å². The van der Waals surface area contributed by atoms with Crippen molar-refractivity contribution >= 4 is 0 Å². The fourth-order valence-corrected chi connectivity index (χ4v) is 1.88. The van der Waals surface area contributed by atoms with Crippen LogP contribution in [0.2, 0.25) is 0 Å². The molecule has 0 amide bonds. The molecule has 1 aliphatic rings. The Kier molecular flexibility index (Phi) is 2.75. The van der Waals surface area contributed by atoms with E-state index in [0.29, 0.717) is 18.9 Å². The molecule has 0 aromatic carbocycles. The molecule has 1 aromatic heterocycles. The van der Waals surface area contributed by atoms with E-state index in [4.69, 9.17) is 4.52 Å². The number of aromatic nitrogens is 2. The van der Waals surface area contributed by atoms with Crippen LogP contribution in [0, 0.1) is 0 Å². The van der Waals surface area contributed by atoms with Gasteiger partial charge >= 0.3 is 0 Å². The molecule has 0 radical (unpaired) electrons. The van der Waals surface area contributed by atoms with Gasteiger partial charge in [0.05, 0.1) is 12.1 Å². The van der Waals surface area contributed by atoms with E-state index in [-0.39, 0.29) is 18.1 Å². The molecule has 1 fully saturated rings. The molecule has 1 N–H and O–H groups in total. The molecule has 0 unspecified atom stereocenters. The number of aliphatic hydroxyl groups is 1. The van der Waals surface area contributed by atoms with Gasteiger partial charge in [0.1, 0.15) is 0 Å². The Hall–Kier alpha value is -0.940. The monoisotopic (exact) mass is 211 g/mol. The number of aliphatic hydroxyl groups excluding tert-OH is 1. The Balaban J connectivity index is 2.15. The number of β-amino-alcohol motifs (C(OH)–C–C–N with tert-alkyl or cyclic N) is 1. The average molecular weight is 211 g/mol. The van der Waals surface area contributed by atoms with Crippen LogP contribution in [-0.2, 0) is 0 Å². The number of nitrogens with zero attached hydrogens (tertiary/aromatic N) is 3. The molecule has 2 heterocycles. The molecule has 0 saturated carbocycles. The van der Waals surface area contributed by atoms with Crippen molar-refractivity contribution in [1.82, 2.24) is 15.0 Å². The van der Waals surface area contributed by atoms with E-state index in [1.165, 1.54) is 0 Å².